The first-order valence-electron chi connectivity index (χ1n) is 11.7. The molecule has 4 rings (SSSR count). The molecule has 0 radical (unpaired) electrons. The van der Waals surface area contributed by atoms with Crippen LogP contribution in [0.2, 0.25) is 0 Å². The Labute approximate surface area is 194 Å². The summed E-state index contributed by atoms with van der Waals surface area (Å²) in [6, 6.07) is 8.42. The van der Waals surface area contributed by atoms with Crippen LogP contribution in [0.4, 0.5) is 4.79 Å². The minimum Gasteiger partial charge on any atom is -0.466 e. The Kier molecular flexibility index (Phi) is 6.99. The Morgan fingerprint density at radius 2 is 1.76 bits per heavy atom. The Bertz CT molecular complexity index is 918. The molecule has 3 heterocycles. The predicted molar refractivity (Wildman–Crippen MR) is 123 cm³/mol. The molecule has 0 aromatic heterocycles. The van der Waals surface area contributed by atoms with Crippen molar-refractivity contribution in [3.63, 3.8) is 0 Å². The third-order valence-corrected chi connectivity index (χ3v) is 7.18. The fraction of sp³-hybridized carbons (Fsp3) is 0.542. The molecule has 33 heavy (non-hydrogen) atoms. The average Bonchev–Trinajstić information content (AvgIpc) is 2.85. The number of rotatable bonds is 6. The van der Waals surface area contributed by atoms with Gasteiger partial charge in [-0.2, -0.15) is 0 Å². The molecule has 3 aliphatic rings. The van der Waals surface area contributed by atoms with E-state index in [0.29, 0.717) is 43.7 Å². The lowest BCUT2D eigenvalue weighted by molar-refractivity contribution is -0.136. The summed E-state index contributed by atoms with van der Waals surface area (Å²) < 4.78 is 5.07. The zero-order chi connectivity index (χ0) is 23.4. The van der Waals surface area contributed by atoms with Gasteiger partial charge in [0.1, 0.15) is 5.54 Å². The molecule has 1 aromatic carbocycles. The van der Waals surface area contributed by atoms with E-state index in [4.69, 9.17) is 10.5 Å². The molecular weight excluding hydrogens is 422 g/mol. The van der Waals surface area contributed by atoms with Crippen LogP contribution in [0.1, 0.15) is 43.7 Å². The molecule has 178 valence electrons. The van der Waals surface area contributed by atoms with Crippen LogP contribution in [0.25, 0.3) is 0 Å². The van der Waals surface area contributed by atoms with Gasteiger partial charge in [-0.3, -0.25) is 14.6 Å². The number of hydrogen-bond acceptors (Lipinski definition) is 6. The second-order valence-corrected chi connectivity index (χ2v) is 9.05. The normalized spacial score (nSPS) is 24.0. The molecule has 0 bridgehead atoms. The first-order valence-corrected chi connectivity index (χ1v) is 11.7. The summed E-state index contributed by atoms with van der Waals surface area (Å²) in [6.45, 7) is 3.49. The van der Waals surface area contributed by atoms with Crippen molar-refractivity contribution in [3.05, 3.63) is 47.2 Å². The third kappa shape index (κ3) is 4.74. The molecule has 2 saturated heterocycles. The zero-order valence-electron chi connectivity index (χ0n) is 19.1. The fourth-order valence-electron chi connectivity index (χ4n) is 5.33. The molecule has 3 amide bonds. The van der Waals surface area contributed by atoms with Gasteiger partial charge in [-0.15, -0.1) is 0 Å². The van der Waals surface area contributed by atoms with E-state index in [2.05, 4.69) is 20.4 Å². The quantitative estimate of drug-likeness (QED) is 0.556. The number of esters is 1. The van der Waals surface area contributed by atoms with E-state index < -0.39 is 17.6 Å². The SMILES string of the molecule is COC(=O)C1=C(CN2CCC(C(N)=O)(N3CCCCC3)CC2)NC(=O)NC1c1ccccc1. The second kappa shape index (κ2) is 9.93. The molecule has 2 fully saturated rings. The summed E-state index contributed by atoms with van der Waals surface area (Å²) in [6.07, 6.45) is 4.65. The van der Waals surface area contributed by atoms with Gasteiger partial charge in [0, 0.05) is 25.3 Å². The summed E-state index contributed by atoms with van der Waals surface area (Å²) >= 11 is 0. The van der Waals surface area contributed by atoms with Crippen molar-refractivity contribution in [2.75, 3.05) is 39.8 Å². The fourth-order valence-corrected chi connectivity index (χ4v) is 5.33. The minimum absolute atomic E-state index is 0.252. The van der Waals surface area contributed by atoms with Crippen molar-refractivity contribution in [1.29, 1.82) is 0 Å². The van der Waals surface area contributed by atoms with Crippen LogP contribution in [-0.4, -0.2) is 73.1 Å². The van der Waals surface area contributed by atoms with Gasteiger partial charge in [0.25, 0.3) is 0 Å². The second-order valence-electron chi connectivity index (χ2n) is 9.05. The van der Waals surface area contributed by atoms with Crippen molar-refractivity contribution in [1.82, 2.24) is 20.4 Å². The molecule has 0 aliphatic carbocycles. The van der Waals surface area contributed by atoms with Gasteiger partial charge in [-0.05, 0) is 44.3 Å². The van der Waals surface area contributed by atoms with Crippen molar-refractivity contribution >= 4 is 17.9 Å². The lowest BCUT2D eigenvalue weighted by atomic mass is 9.83. The zero-order valence-corrected chi connectivity index (χ0v) is 19.1. The van der Waals surface area contributed by atoms with Gasteiger partial charge in [-0.25, -0.2) is 9.59 Å². The average molecular weight is 456 g/mol. The number of piperidine rings is 2. The number of carbonyl (C=O) groups excluding carboxylic acids is 3. The summed E-state index contributed by atoms with van der Waals surface area (Å²) in [5.74, 6) is -0.735. The maximum atomic E-state index is 12.8. The Morgan fingerprint density at radius 3 is 2.36 bits per heavy atom. The van der Waals surface area contributed by atoms with Crippen LogP contribution in [-0.2, 0) is 14.3 Å². The third-order valence-electron chi connectivity index (χ3n) is 7.18. The first-order chi connectivity index (χ1) is 15.9. The molecule has 1 unspecified atom stereocenters. The molecule has 9 nitrogen and oxygen atoms in total. The number of amides is 3. The lowest BCUT2D eigenvalue weighted by Crippen LogP contribution is -2.63. The topological polar surface area (TPSA) is 117 Å². The summed E-state index contributed by atoms with van der Waals surface area (Å²) in [5, 5.41) is 5.66. The van der Waals surface area contributed by atoms with Crippen LogP contribution < -0.4 is 16.4 Å². The number of likely N-dealkylation sites (tertiary alicyclic amines) is 2. The molecule has 1 aromatic rings. The van der Waals surface area contributed by atoms with Crippen LogP contribution in [0.5, 0.6) is 0 Å². The van der Waals surface area contributed by atoms with E-state index in [-0.39, 0.29) is 11.9 Å². The standard InChI is InChI=1S/C24H33N5O4/c1-33-21(30)19-18(26-23(32)27-20(19)17-8-4-2-5-9-17)16-28-14-10-24(11-15-28,22(25)31)29-12-6-3-7-13-29/h2,4-5,8-9,20H,3,6-7,10-16H2,1H3,(H2,25,31)(H2,26,27,32). The first kappa shape index (κ1) is 23.3. The van der Waals surface area contributed by atoms with Crippen molar-refractivity contribution in [2.45, 2.75) is 43.7 Å². The number of hydrogen-bond donors (Lipinski definition) is 3. The summed E-state index contributed by atoms with van der Waals surface area (Å²) in [4.78, 5) is 42.2. The van der Waals surface area contributed by atoms with Crippen molar-refractivity contribution < 1.29 is 19.1 Å². The van der Waals surface area contributed by atoms with E-state index in [1.165, 1.54) is 13.5 Å². The van der Waals surface area contributed by atoms with E-state index in [9.17, 15) is 14.4 Å². The molecule has 3 aliphatic heterocycles. The smallest absolute Gasteiger partial charge is 0.338 e. The van der Waals surface area contributed by atoms with Gasteiger partial charge < -0.3 is 21.1 Å². The van der Waals surface area contributed by atoms with Crippen LogP contribution >= 0.6 is 0 Å². The van der Waals surface area contributed by atoms with Crippen molar-refractivity contribution in [2.24, 2.45) is 5.73 Å². The van der Waals surface area contributed by atoms with Gasteiger partial charge >= 0.3 is 12.0 Å². The Morgan fingerprint density at radius 1 is 1.09 bits per heavy atom. The molecule has 1 atom stereocenters. The number of urea groups is 1. The number of nitrogens with zero attached hydrogens (tertiary/aromatic N) is 2. The highest BCUT2D eigenvalue weighted by atomic mass is 16.5. The number of nitrogens with one attached hydrogen (secondary N) is 2. The van der Waals surface area contributed by atoms with Crippen LogP contribution in [0.15, 0.2) is 41.6 Å². The highest BCUT2D eigenvalue weighted by molar-refractivity contribution is 5.95. The maximum Gasteiger partial charge on any atom is 0.338 e. The molecule has 0 saturated carbocycles. The van der Waals surface area contributed by atoms with Gasteiger partial charge in [0.15, 0.2) is 0 Å². The minimum atomic E-state index is -0.611. The number of carbonyl (C=O) groups is 3. The predicted octanol–water partition coefficient (Wildman–Crippen LogP) is 1.27. The van der Waals surface area contributed by atoms with E-state index in [1.807, 2.05) is 30.3 Å². The van der Waals surface area contributed by atoms with Gasteiger partial charge in [0.2, 0.25) is 5.91 Å². The monoisotopic (exact) mass is 455 g/mol. The van der Waals surface area contributed by atoms with E-state index >= 15 is 0 Å². The van der Waals surface area contributed by atoms with Crippen LogP contribution in [0, 0.1) is 0 Å². The summed E-state index contributed by atoms with van der Waals surface area (Å²) in [7, 11) is 1.34. The molecule has 9 heteroatoms. The number of ether oxygens (including phenoxy) is 1. The number of nitrogens with two attached hydrogens (primary N) is 1. The van der Waals surface area contributed by atoms with Gasteiger partial charge in [-0.1, -0.05) is 36.8 Å². The highest BCUT2D eigenvalue weighted by Crippen LogP contribution is 2.33. The number of primary amides is 1. The Hall–Kier alpha value is -2.91. The van der Waals surface area contributed by atoms with Crippen molar-refractivity contribution in [3.8, 4) is 0 Å². The molecular formula is C24H33N5O4. The Balaban J connectivity index is 1.55. The van der Waals surface area contributed by atoms with E-state index in [0.717, 1.165) is 31.5 Å². The van der Waals surface area contributed by atoms with Crippen LogP contribution in [0.3, 0.4) is 0 Å². The number of benzene rings is 1. The molecule has 0 spiro atoms. The van der Waals surface area contributed by atoms with Gasteiger partial charge in [0.05, 0.1) is 18.7 Å². The summed E-state index contributed by atoms with van der Waals surface area (Å²) in [5.41, 5.74) is 7.03. The molecule has 4 N–H and O–H groups in total. The maximum absolute atomic E-state index is 12.8. The highest BCUT2D eigenvalue weighted by Gasteiger charge is 2.45. The lowest BCUT2D eigenvalue weighted by Gasteiger charge is -2.48. The largest absolute Gasteiger partial charge is 0.466 e. The van der Waals surface area contributed by atoms with E-state index in [1.54, 1.807) is 0 Å². The number of methoxy groups -OCH3 is 1.